The Morgan fingerprint density at radius 3 is 2.50 bits per heavy atom. The van der Waals surface area contributed by atoms with Gasteiger partial charge in [-0.1, -0.05) is 56.7 Å². The van der Waals surface area contributed by atoms with Gasteiger partial charge in [-0.15, -0.1) is 29.6 Å². The maximum Gasteiger partial charge on any atom is 0.573 e. The van der Waals surface area contributed by atoms with Crippen LogP contribution >= 0.6 is 11.3 Å². The minimum Gasteiger partial charge on any atom is -0.406 e. The van der Waals surface area contributed by atoms with Crippen molar-refractivity contribution in [1.29, 1.82) is 0 Å². The van der Waals surface area contributed by atoms with Gasteiger partial charge in [0, 0.05) is 23.2 Å². The number of halogens is 3. The van der Waals surface area contributed by atoms with Crippen LogP contribution in [0.3, 0.4) is 0 Å². The number of ether oxygens (including phenoxy) is 1. The Bertz CT molecular complexity index is 1860. The maximum atomic E-state index is 12.8. The molecular formula is C34H35F3N6O2S. The summed E-state index contributed by atoms with van der Waals surface area (Å²) in [6.45, 7) is 8.82. The van der Waals surface area contributed by atoms with E-state index in [1.165, 1.54) is 52.2 Å². The SMILES string of the molecule is CCCc1ccc(C)cc1-n1c(C)csc1=NC(=O)NCCC(C)c1ccc(-c2ncn(-c3ccc(OC(F)(F)F)cc3)n2)cc1. The van der Waals surface area contributed by atoms with Gasteiger partial charge >= 0.3 is 12.4 Å². The predicted molar refractivity (Wildman–Crippen MR) is 173 cm³/mol. The number of aryl methyl sites for hydroxylation is 3. The molecule has 2 amide bonds. The van der Waals surface area contributed by atoms with Gasteiger partial charge in [0.1, 0.15) is 12.1 Å². The second kappa shape index (κ2) is 14.2. The summed E-state index contributed by atoms with van der Waals surface area (Å²) in [5.41, 5.74) is 6.94. The minimum absolute atomic E-state index is 0.176. The zero-order chi connectivity index (χ0) is 32.8. The molecule has 240 valence electrons. The van der Waals surface area contributed by atoms with Crippen molar-refractivity contribution >= 4 is 17.4 Å². The van der Waals surface area contributed by atoms with E-state index in [-0.39, 0.29) is 17.7 Å². The van der Waals surface area contributed by atoms with E-state index in [0.717, 1.165) is 47.3 Å². The monoisotopic (exact) mass is 648 g/mol. The highest BCUT2D eigenvalue weighted by atomic mass is 32.1. The molecule has 0 bridgehead atoms. The van der Waals surface area contributed by atoms with Gasteiger partial charge in [-0.05, 0) is 79.6 Å². The second-order valence-corrected chi connectivity index (χ2v) is 11.9. The Kier molecular flexibility index (Phi) is 10.1. The van der Waals surface area contributed by atoms with Crippen molar-refractivity contribution in [2.75, 3.05) is 6.54 Å². The molecule has 0 aliphatic heterocycles. The number of urea groups is 1. The first kappa shape index (κ1) is 32.7. The Morgan fingerprint density at radius 1 is 1.07 bits per heavy atom. The molecule has 0 saturated carbocycles. The molecule has 1 N–H and O–H groups in total. The van der Waals surface area contributed by atoms with Crippen LogP contribution in [0.15, 0.2) is 83.4 Å². The molecular weight excluding hydrogens is 613 g/mol. The molecule has 8 nitrogen and oxygen atoms in total. The fourth-order valence-corrected chi connectivity index (χ4v) is 5.96. The second-order valence-electron chi connectivity index (χ2n) is 11.1. The van der Waals surface area contributed by atoms with E-state index in [4.69, 9.17) is 0 Å². The van der Waals surface area contributed by atoms with Crippen molar-refractivity contribution in [3.05, 3.63) is 106 Å². The molecule has 12 heteroatoms. The number of rotatable bonds is 10. The molecule has 0 aliphatic carbocycles. The zero-order valence-electron chi connectivity index (χ0n) is 26.0. The largest absolute Gasteiger partial charge is 0.573 e. The van der Waals surface area contributed by atoms with Gasteiger partial charge in [0.25, 0.3) is 0 Å². The standard InChI is InChI=1S/C34H35F3N6O2S/c1-5-6-26-8-7-22(2)19-30(26)43-24(4)20-46-33(43)40-32(44)38-18-17-23(3)25-9-11-27(12-10-25)31-39-21-42(41-31)28-13-15-29(16-14-28)45-34(35,36)37/h7-16,19-21,23H,5-6,17-18H2,1-4H3,(H,38,44). The first-order valence-electron chi connectivity index (χ1n) is 15.0. The van der Waals surface area contributed by atoms with Crippen LogP contribution in [0, 0.1) is 13.8 Å². The van der Waals surface area contributed by atoms with Crippen molar-refractivity contribution in [3.63, 3.8) is 0 Å². The van der Waals surface area contributed by atoms with Gasteiger partial charge in [0.2, 0.25) is 0 Å². The summed E-state index contributed by atoms with van der Waals surface area (Å²) < 4.78 is 44.8. The van der Waals surface area contributed by atoms with Gasteiger partial charge in [-0.2, -0.15) is 4.99 Å². The summed E-state index contributed by atoms with van der Waals surface area (Å²) in [7, 11) is 0. The van der Waals surface area contributed by atoms with Gasteiger partial charge in [0.05, 0.1) is 11.4 Å². The highest BCUT2D eigenvalue weighted by molar-refractivity contribution is 7.07. The van der Waals surface area contributed by atoms with Crippen LogP contribution in [-0.4, -0.2) is 38.3 Å². The lowest BCUT2D eigenvalue weighted by Gasteiger charge is -2.13. The van der Waals surface area contributed by atoms with Gasteiger partial charge in [0.15, 0.2) is 10.6 Å². The van der Waals surface area contributed by atoms with Crippen LogP contribution in [-0.2, 0) is 6.42 Å². The number of alkyl halides is 3. The third-order valence-electron chi connectivity index (χ3n) is 7.50. The van der Waals surface area contributed by atoms with E-state index in [1.807, 2.05) is 36.6 Å². The quantitative estimate of drug-likeness (QED) is 0.166. The summed E-state index contributed by atoms with van der Waals surface area (Å²) in [4.78, 5) is 22.2. The summed E-state index contributed by atoms with van der Waals surface area (Å²) in [5.74, 6) is 0.354. The molecule has 1 unspecified atom stereocenters. The van der Waals surface area contributed by atoms with Crippen molar-refractivity contribution in [1.82, 2.24) is 24.6 Å². The van der Waals surface area contributed by atoms with E-state index >= 15 is 0 Å². The van der Waals surface area contributed by atoms with Crippen LogP contribution in [0.2, 0.25) is 0 Å². The molecule has 0 fully saturated rings. The van der Waals surface area contributed by atoms with Crippen molar-refractivity contribution in [2.24, 2.45) is 4.99 Å². The molecule has 0 radical (unpaired) electrons. The summed E-state index contributed by atoms with van der Waals surface area (Å²) in [5, 5.41) is 9.42. The Morgan fingerprint density at radius 2 is 1.80 bits per heavy atom. The highest BCUT2D eigenvalue weighted by Crippen LogP contribution is 2.25. The van der Waals surface area contributed by atoms with E-state index < -0.39 is 6.36 Å². The fraction of sp³-hybridized carbons (Fsp3) is 0.294. The third-order valence-corrected chi connectivity index (χ3v) is 8.44. The number of nitrogens with one attached hydrogen (secondary N) is 1. The van der Waals surface area contributed by atoms with Crippen LogP contribution in [0.25, 0.3) is 22.8 Å². The predicted octanol–water partition coefficient (Wildman–Crippen LogP) is 8.06. The fourth-order valence-electron chi connectivity index (χ4n) is 5.10. The molecule has 0 saturated heterocycles. The minimum atomic E-state index is -4.75. The van der Waals surface area contributed by atoms with Gasteiger partial charge in [-0.3, -0.25) is 4.57 Å². The number of nitrogens with zero attached hydrogens (tertiary/aromatic N) is 5. The maximum absolute atomic E-state index is 12.8. The number of hydrogen-bond acceptors (Lipinski definition) is 5. The van der Waals surface area contributed by atoms with Crippen LogP contribution in [0.5, 0.6) is 5.75 Å². The van der Waals surface area contributed by atoms with Crippen molar-refractivity contribution < 1.29 is 22.7 Å². The number of hydrogen-bond donors (Lipinski definition) is 1. The summed E-state index contributed by atoms with van der Waals surface area (Å²) >= 11 is 1.45. The Balaban J connectivity index is 1.18. The van der Waals surface area contributed by atoms with E-state index in [2.05, 4.69) is 68.7 Å². The smallest absolute Gasteiger partial charge is 0.406 e. The molecule has 2 heterocycles. The lowest BCUT2D eigenvalue weighted by atomic mass is 9.96. The topological polar surface area (TPSA) is 86.3 Å². The van der Waals surface area contributed by atoms with Gasteiger partial charge < -0.3 is 10.1 Å². The average Bonchev–Trinajstić information content (AvgIpc) is 3.65. The average molecular weight is 649 g/mol. The van der Waals surface area contributed by atoms with Crippen LogP contribution in [0.1, 0.15) is 55.0 Å². The normalized spacial score (nSPS) is 12.7. The molecule has 2 aromatic heterocycles. The molecule has 0 spiro atoms. The van der Waals surface area contributed by atoms with E-state index in [1.54, 1.807) is 0 Å². The molecule has 1 atom stereocenters. The lowest BCUT2D eigenvalue weighted by molar-refractivity contribution is -0.274. The first-order valence-corrected chi connectivity index (χ1v) is 15.9. The summed E-state index contributed by atoms with van der Waals surface area (Å²) in [6, 6.07) is 19.3. The van der Waals surface area contributed by atoms with Crippen LogP contribution < -0.4 is 14.9 Å². The molecule has 46 heavy (non-hydrogen) atoms. The Hall–Kier alpha value is -4.71. The Labute approximate surface area is 269 Å². The first-order chi connectivity index (χ1) is 22.0. The summed E-state index contributed by atoms with van der Waals surface area (Å²) in [6.07, 6.45) is -0.542. The molecule has 5 rings (SSSR count). The zero-order valence-corrected chi connectivity index (χ0v) is 26.8. The van der Waals surface area contributed by atoms with E-state index in [9.17, 15) is 18.0 Å². The third kappa shape index (κ3) is 8.11. The number of carbonyl (C=O) groups is 1. The van der Waals surface area contributed by atoms with Gasteiger partial charge in [-0.25, -0.2) is 14.5 Å². The number of thiazole rings is 1. The van der Waals surface area contributed by atoms with Crippen molar-refractivity contribution in [3.8, 4) is 28.5 Å². The number of carbonyl (C=O) groups excluding carboxylic acids is 1. The molecule has 5 aromatic rings. The van der Waals surface area contributed by atoms with Crippen LogP contribution in [0.4, 0.5) is 18.0 Å². The number of aromatic nitrogens is 4. The van der Waals surface area contributed by atoms with Crippen molar-refractivity contribution in [2.45, 2.75) is 59.2 Å². The highest BCUT2D eigenvalue weighted by Gasteiger charge is 2.31. The number of amides is 2. The molecule has 0 aliphatic rings. The van der Waals surface area contributed by atoms with E-state index in [0.29, 0.717) is 22.9 Å². The number of benzene rings is 3. The molecule has 3 aromatic carbocycles. The lowest BCUT2D eigenvalue weighted by Crippen LogP contribution is -2.26.